The first kappa shape index (κ1) is 17.0. The Morgan fingerprint density at radius 3 is 2.43 bits per heavy atom. The number of hydrogen-bond acceptors (Lipinski definition) is 4. The molecule has 6 heteroatoms. The maximum absolute atomic E-state index is 11.2. The van der Waals surface area contributed by atoms with Crippen LogP contribution in [0.3, 0.4) is 0 Å². The first-order chi connectivity index (χ1) is 11.0. The van der Waals surface area contributed by atoms with Crippen LogP contribution in [0.4, 0.5) is 0 Å². The Hall–Kier alpha value is -2.40. The lowest BCUT2D eigenvalue weighted by molar-refractivity contribution is 0.0691. The summed E-state index contributed by atoms with van der Waals surface area (Å²) in [6, 6.07) is 9.91. The van der Waals surface area contributed by atoms with Crippen LogP contribution in [0.15, 0.2) is 36.4 Å². The molecule has 0 amide bonds. The van der Waals surface area contributed by atoms with Crippen molar-refractivity contribution in [2.24, 2.45) is 0 Å². The minimum Gasteiger partial charge on any atom is -0.497 e. The standard InChI is InChI=1S/C17H17ClO5/c1-11-9-13(4-6-15(11)18)22-7-8-23-16-10-12(21-2)3-5-14(16)17(19)20/h3-6,9-10H,7-8H2,1-2H3,(H,19,20). The third-order valence-electron chi connectivity index (χ3n) is 3.16. The van der Waals surface area contributed by atoms with Gasteiger partial charge < -0.3 is 19.3 Å². The number of methoxy groups -OCH3 is 1. The molecule has 0 aliphatic heterocycles. The summed E-state index contributed by atoms with van der Waals surface area (Å²) in [4.78, 5) is 11.2. The number of rotatable bonds is 7. The molecule has 2 aromatic rings. The van der Waals surface area contributed by atoms with Gasteiger partial charge in [0.1, 0.15) is 36.0 Å². The summed E-state index contributed by atoms with van der Waals surface area (Å²) < 4.78 is 16.1. The van der Waals surface area contributed by atoms with Crippen molar-refractivity contribution in [2.75, 3.05) is 20.3 Å². The molecule has 0 bridgehead atoms. The van der Waals surface area contributed by atoms with Gasteiger partial charge in [0, 0.05) is 11.1 Å². The molecule has 0 atom stereocenters. The van der Waals surface area contributed by atoms with E-state index in [1.165, 1.54) is 19.2 Å². The third-order valence-corrected chi connectivity index (χ3v) is 3.58. The van der Waals surface area contributed by atoms with Crippen molar-refractivity contribution in [2.45, 2.75) is 6.92 Å². The van der Waals surface area contributed by atoms with Gasteiger partial charge in [-0.15, -0.1) is 0 Å². The van der Waals surface area contributed by atoms with Gasteiger partial charge in [0.15, 0.2) is 0 Å². The SMILES string of the molecule is COc1ccc(C(=O)O)c(OCCOc2ccc(Cl)c(C)c2)c1. The lowest BCUT2D eigenvalue weighted by atomic mass is 10.2. The highest BCUT2D eigenvalue weighted by Gasteiger charge is 2.12. The molecule has 5 nitrogen and oxygen atoms in total. The molecule has 0 radical (unpaired) electrons. The number of hydrogen-bond donors (Lipinski definition) is 1. The van der Waals surface area contributed by atoms with Gasteiger partial charge in [-0.3, -0.25) is 0 Å². The second-order valence-corrected chi connectivity index (χ2v) is 5.18. The van der Waals surface area contributed by atoms with Gasteiger partial charge in [-0.1, -0.05) is 11.6 Å². The molecule has 0 aliphatic rings. The lowest BCUT2D eigenvalue weighted by Gasteiger charge is -2.12. The molecular weight excluding hydrogens is 320 g/mol. The monoisotopic (exact) mass is 336 g/mol. The van der Waals surface area contributed by atoms with Gasteiger partial charge in [0.05, 0.1) is 7.11 Å². The molecule has 0 heterocycles. The molecule has 2 aromatic carbocycles. The summed E-state index contributed by atoms with van der Waals surface area (Å²) in [6.07, 6.45) is 0. The minimum atomic E-state index is -1.06. The Labute approximate surface area is 139 Å². The summed E-state index contributed by atoms with van der Waals surface area (Å²) in [5.41, 5.74) is 0.999. The van der Waals surface area contributed by atoms with E-state index in [0.29, 0.717) is 16.5 Å². The number of benzene rings is 2. The van der Waals surface area contributed by atoms with Crippen LogP contribution in [0, 0.1) is 6.92 Å². The van der Waals surface area contributed by atoms with Crippen LogP contribution in [-0.2, 0) is 0 Å². The molecule has 0 saturated carbocycles. The zero-order chi connectivity index (χ0) is 16.8. The van der Waals surface area contributed by atoms with Gasteiger partial charge >= 0.3 is 5.97 Å². The summed E-state index contributed by atoms with van der Waals surface area (Å²) >= 11 is 5.95. The highest BCUT2D eigenvalue weighted by Crippen LogP contribution is 2.25. The topological polar surface area (TPSA) is 65.0 Å². The van der Waals surface area contributed by atoms with E-state index in [4.69, 9.17) is 30.9 Å². The fourth-order valence-electron chi connectivity index (χ4n) is 1.94. The second kappa shape index (κ2) is 7.74. The maximum atomic E-state index is 11.2. The van der Waals surface area contributed by atoms with Crippen LogP contribution in [0.1, 0.15) is 15.9 Å². The van der Waals surface area contributed by atoms with Crippen molar-refractivity contribution in [3.8, 4) is 17.2 Å². The van der Waals surface area contributed by atoms with E-state index in [1.54, 1.807) is 18.2 Å². The normalized spacial score (nSPS) is 10.2. The highest BCUT2D eigenvalue weighted by molar-refractivity contribution is 6.31. The number of carboxylic acids is 1. The average Bonchev–Trinajstić information content (AvgIpc) is 2.54. The first-order valence-electron chi connectivity index (χ1n) is 6.94. The number of aryl methyl sites for hydroxylation is 1. The second-order valence-electron chi connectivity index (χ2n) is 4.78. The Balaban J connectivity index is 1.95. The molecule has 0 unspecified atom stereocenters. The third kappa shape index (κ3) is 4.53. The van der Waals surface area contributed by atoms with Crippen LogP contribution in [0.25, 0.3) is 0 Å². The Morgan fingerprint density at radius 2 is 1.78 bits per heavy atom. The maximum Gasteiger partial charge on any atom is 0.339 e. The van der Waals surface area contributed by atoms with Crippen molar-refractivity contribution >= 4 is 17.6 Å². The summed E-state index contributed by atoms with van der Waals surface area (Å²) in [7, 11) is 1.51. The predicted octanol–water partition coefficient (Wildman–Crippen LogP) is 3.81. The molecule has 0 aliphatic carbocycles. The molecule has 23 heavy (non-hydrogen) atoms. The van der Waals surface area contributed by atoms with Crippen LogP contribution >= 0.6 is 11.6 Å². The first-order valence-corrected chi connectivity index (χ1v) is 7.32. The molecule has 0 spiro atoms. The number of carboxylic acid groups (broad SMARTS) is 1. The molecule has 0 fully saturated rings. The van der Waals surface area contributed by atoms with E-state index in [-0.39, 0.29) is 24.5 Å². The summed E-state index contributed by atoms with van der Waals surface area (Å²) in [5.74, 6) is 0.392. The fraction of sp³-hybridized carbons (Fsp3) is 0.235. The Kier molecular flexibility index (Phi) is 5.71. The zero-order valence-corrected chi connectivity index (χ0v) is 13.6. The zero-order valence-electron chi connectivity index (χ0n) is 12.8. The smallest absolute Gasteiger partial charge is 0.339 e. The van der Waals surface area contributed by atoms with E-state index < -0.39 is 5.97 Å². The molecular formula is C17H17ClO5. The minimum absolute atomic E-state index is 0.0770. The fourth-order valence-corrected chi connectivity index (χ4v) is 2.06. The summed E-state index contributed by atoms with van der Waals surface area (Å²) in [6.45, 7) is 2.37. The van der Waals surface area contributed by atoms with Crippen molar-refractivity contribution in [3.05, 3.63) is 52.5 Å². The van der Waals surface area contributed by atoms with Crippen LogP contribution < -0.4 is 14.2 Å². The molecule has 0 saturated heterocycles. The van der Waals surface area contributed by atoms with E-state index in [0.717, 1.165) is 5.56 Å². The van der Waals surface area contributed by atoms with Gasteiger partial charge in [0.25, 0.3) is 0 Å². The quantitative estimate of drug-likeness (QED) is 0.779. The van der Waals surface area contributed by atoms with Gasteiger partial charge in [0.2, 0.25) is 0 Å². The molecule has 0 aromatic heterocycles. The largest absolute Gasteiger partial charge is 0.497 e. The number of halogens is 1. The van der Waals surface area contributed by atoms with Crippen LogP contribution in [0.2, 0.25) is 5.02 Å². The number of ether oxygens (including phenoxy) is 3. The van der Waals surface area contributed by atoms with Crippen LogP contribution in [0.5, 0.6) is 17.2 Å². The van der Waals surface area contributed by atoms with Crippen molar-refractivity contribution < 1.29 is 24.1 Å². The number of aromatic carboxylic acids is 1. The Morgan fingerprint density at radius 1 is 1.09 bits per heavy atom. The van der Waals surface area contributed by atoms with E-state index in [9.17, 15) is 4.79 Å². The average molecular weight is 337 g/mol. The molecule has 1 N–H and O–H groups in total. The van der Waals surface area contributed by atoms with Crippen molar-refractivity contribution in [1.29, 1.82) is 0 Å². The molecule has 2 rings (SSSR count). The number of carbonyl (C=O) groups is 1. The van der Waals surface area contributed by atoms with Gasteiger partial charge in [-0.2, -0.15) is 0 Å². The van der Waals surface area contributed by atoms with E-state index in [2.05, 4.69) is 0 Å². The summed E-state index contributed by atoms with van der Waals surface area (Å²) in [5, 5.41) is 9.83. The van der Waals surface area contributed by atoms with E-state index in [1.807, 2.05) is 13.0 Å². The predicted molar refractivity (Wildman–Crippen MR) is 87.1 cm³/mol. The molecule has 122 valence electrons. The van der Waals surface area contributed by atoms with Crippen LogP contribution in [-0.4, -0.2) is 31.4 Å². The van der Waals surface area contributed by atoms with Gasteiger partial charge in [-0.25, -0.2) is 4.79 Å². The van der Waals surface area contributed by atoms with Gasteiger partial charge in [-0.05, 0) is 42.8 Å². The highest BCUT2D eigenvalue weighted by atomic mass is 35.5. The van der Waals surface area contributed by atoms with E-state index >= 15 is 0 Å². The van der Waals surface area contributed by atoms with Crippen molar-refractivity contribution in [3.63, 3.8) is 0 Å². The lowest BCUT2D eigenvalue weighted by Crippen LogP contribution is -2.11. The van der Waals surface area contributed by atoms with Crippen molar-refractivity contribution in [1.82, 2.24) is 0 Å². The Bertz CT molecular complexity index is 699.